The Morgan fingerprint density at radius 2 is 2.03 bits per heavy atom. The van der Waals surface area contributed by atoms with Gasteiger partial charge >= 0.3 is 0 Å². The number of para-hydroxylation sites is 1. The average Bonchev–Trinajstić information content (AvgIpc) is 2.79. The predicted molar refractivity (Wildman–Crippen MR) is 112 cm³/mol. The Morgan fingerprint density at radius 1 is 1.21 bits per heavy atom. The third-order valence-corrected chi connectivity index (χ3v) is 4.62. The van der Waals surface area contributed by atoms with Gasteiger partial charge in [0.1, 0.15) is 11.3 Å². The van der Waals surface area contributed by atoms with E-state index in [0.717, 1.165) is 10.3 Å². The molecule has 0 saturated carbocycles. The van der Waals surface area contributed by atoms with Crippen molar-refractivity contribution < 1.29 is 20.1 Å². The van der Waals surface area contributed by atoms with E-state index in [-0.39, 0.29) is 26.1 Å². The number of benzene rings is 2. The molecule has 0 bridgehead atoms. The quantitative estimate of drug-likeness (QED) is 0.641. The first-order valence-electron chi connectivity index (χ1n) is 11.5. The molecule has 0 unspecified atom stereocenters. The van der Waals surface area contributed by atoms with Crippen molar-refractivity contribution in [2.45, 2.75) is 19.0 Å². The summed E-state index contributed by atoms with van der Waals surface area (Å²) in [5.74, 6) is 0.00849. The number of pyridine rings is 1. The fourth-order valence-electron chi connectivity index (χ4n) is 3.15. The standard InChI is InChI=1S/C23H25N3O3/c27-20(15-26-12-10-17-5-1-2-6-19(17)14-26)13-25-22(28)16-29-21-9-3-7-18-8-4-11-24-23(18)21/h1-9,11,20,27H,10,12-16H2,(H,25,28)/t20-/m1/s1/i12D2,14D2. The highest BCUT2D eigenvalue weighted by molar-refractivity contribution is 5.85. The van der Waals surface area contributed by atoms with Crippen LogP contribution in [0.5, 0.6) is 5.75 Å². The first-order chi connectivity index (χ1) is 15.7. The molecule has 1 aromatic heterocycles. The van der Waals surface area contributed by atoms with Crippen LogP contribution >= 0.6 is 0 Å². The number of amides is 1. The molecule has 3 aromatic rings. The van der Waals surface area contributed by atoms with Gasteiger partial charge in [0.05, 0.1) is 6.10 Å². The first kappa shape index (κ1) is 15.0. The summed E-state index contributed by atoms with van der Waals surface area (Å²) in [6.45, 7) is -4.83. The number of fused-ring (bicyclic) bond motifs is 2. The minimum Gasteiger partial charge on any atom is -0.481 e. The summed E-state index contributed by atoms with van der Waals surface area (Å²) in [6.07, 6.45) is 0.472. The zero-order chi connectivity index (χ0) is 23.6. The third kappa shape index (κ3) is 4.91. The van der Waals surface area contributed by atoms with Crippen LogP contribution in [-0.4, -0.2) is 53.2 Å². The van der Waals surface area contributed by atoms with Crippen molar-refractivity contribution >= 4 is 16.8 Å². The predicted octanol–water partition coefficient (Wildman–Crippen LogP) is 2.15. The van der Waals surface area contributed by atoms with Gasteiger partial charge in [-0.3, -0.25) is 14.7 Å². The molecule has 0 radical (unpaired) electrons. The van der Waals surface area contributed by atoms with Gasteiger partial charge < -0.3 is 15.2 Å². The molecule has 1 aliphatic rings. The van der Waals surface area contributed by atoms with Gasteiger partial charge in [0.15, 0.2) is 6.61 Å². The van der Waals surface area contributed by atoms with Crippen molar-refractivity contribution in [1.29, 1.82) is 0 Å². The van der Waals surface area contributed by atoms with Crippen LogP contribution in [0.15, 0.2) is 60.8 Å². The number of rotatable bonds is 7. The lowest BCUT2D eigenvalue weighted by Crippen LogP contribution is -2.42. The number of nitrogens with zero attached hydrogens (tertiary/aromatic N) is 2. The number of hydrogen-bond acceptors (Lipinski definition) is 5. The van der Waals surface area contributed by atoms with Crippen molar-refractivity contribution in [3.05, 3.63) is 71.9 Å². The summed E-state index contributed by atoms with van der Waals surface area (Å²) >= 11 is 0. The zero-order valence-electron chi connectivity index (χ0n) is 19.8. The van der Waals surface area contributed by atoms with Gasteiger partial charge in [0, 0.05) is 43.1 Å². The van der Waals surface area contributed by atoms with Crippen LogP contribution in [0.3, 0.4) is 0 Å². The van der Waals surface area contributed by atoms with Crippen molar-refractivity contribution in [2.75, 3.05) is 26.2 Å². The van der Waals surface area contributed by atoms with Gasteiger partial charge in [-0.1, -0.05) is 42.5 Å². The Hall–Kier alpha value is -2.96. The molecule has 2 heterocycles. The summed E-state index contributed by atoms with van der Waals surface area (Å²) in [7, 11) is 0. The van der Waals surface area contributed by atoms with E-state index in [1.807, 2.05) is 18.2 Å². The molecule has 1 atom stereocenters. The van der Waals surface area contributed by atoms with Gasteiger partial charge in [-0.2, -0.15) is 0 Å². The normalized spacial score (nSPS) is 20.4. The minimum absolute atomic E-state index is 0.00860. The molecule has 2 N–H and O–H groups in total. The third-order valence-electron chi connectivity index (χ3n) is 4.62. The second kappa shape index (κ2) is 9.03. The largest absolute Gasteiger partial charge is 0.481 e. The van der Waals surface area contributed by atoms with Crippen molar-refractivity contribution in [3.63, 3.8) is 0 Å². The molecule has 0 saturated heterocycles. The van der Waals surface area contributed by atoms with Gasteiger partial charge in [-0.05, 0) is 29.7 Å². The molecule has 2 aromatic carbocycles. The number of aliphatic hydroxyl groups excluding tert-OH is 1. The SMILES string of the molecule is [2H]C1([2H])Cc2ccccc2C([2H])([2H])N1C[C@H](O)CNC(=O)COc1cccc2cccnc12. The van der Waals surface area contributed by atoms with E-state index in [9.17, 15) is 9.90 Å². The maximum Gasteiger partial charge on any atom is 0.258 e. The Morgan fingerprint density at radius 3 is 2.93 bits per heavy atom. The van der Waals surface area contributed by atoms with Crippen LogP contribution in [0.4, 0.5) is 0 Å². The fraction of sp³-hybridized carbons (Fsp3) is 0.304. The van der Waals surface area contributed by atoms with E-state index in [1.54, 1.807) is 42.6 Å². The highest BCUT2D eigenvalue weighted by atomic mass is 16.5. The number of ether oxygens (including phenoxy) is 1. The van der Waals surface area contributed by atoms with Crippen molar-refractivity contribution in [1.82, 2.24) is 15.2 Å². The number of carbonyl (C=O) groups excluding carboxylic acids is 1. The lowest BCUT2D eigenvalue weighted by molar-refractivity contribution is -0.123. The monoisotopic (exact) mass is 395 g/mol. The number of hydrogen-bond donors (Lipinski definition) is 2. The molecule has 0 fully saturated rings. The molecule has 4 rings (SSSR count). The number of carbonyl (C=O) groups is 1. The van der Waals surface area contributed by atoms with E-state index >= 15 is 0 Å². The summed E-state index contributed by atoms with van der Waals surface area (Å²) in [4.78, 5) is 17.5. The molecule has 6 heteroatoms. The van der Waals surface area contributed by atoms with Crippen LogP contribution in [0.2, 0.25) is 0 Å². The summed E-state index contributed by atoms with van der Waals surface area (Å²) in [6, 6.07) is 15.9. The van der Waals surface area contributed by atoms with E-state index in [1.165, 1.54) is 0 Å². The van der Waals surface area contributed by atoms with Crippen LogP contribution in [0.1, 0.15) is 16.6 Å². The molecule has 29 heavy (non-hydrogen) atoms. The van der Waals surface area contributed by atoms with E-state index in [2.05, 4.69) is 10.3 Å². The smallest absolute Gasteiger partial charge is 0.258 e. The Labute approximate surface area is 175 Å². The Balaban J connectivity index is 1.34. The maximum atomic E-state index is 12.2. The molecule has 1 aliphatic heterocycles. The van der Waals surface area contributed by atoms with E-state index in [0.29, 0.717) is 22.4 Å². The number of aliphatic hydroxyl groups is 1. The molecule has 0 aliphatic carbocycles. The van der Waals surface area contributed by atoms with E-state index < -0.39 is 25.0 Å². The van der Waals surface area contributed by atoms with Crippen molar-refractivity contribution in [2.24, 2.45) is 0 Å². The number of aromatic nitrogens is 1. The van der Waals surface area contributed by atoms with Crippen LogP contribution in [0, 0.1) is 0 Å². The molecule has 1 amide bonds. The molecular weight excluding hydrogens is 366 g/mol. The van der Waals surface area contributed by atoms with Gasteiger partial charge in [-0.25, -0.2) is 0 Å². The zero-order valence-corrected chi connectivity index (χ0v) is 15.8. The van der Waals surface area contributed by atoms with Crippen LogP contribution in [0.25, 0.3) is 10.9 Å². The second-order valence-corrected chi connectivity index (χ2v) is 6.79. The van der Waals surface area contributed by atoms with E-state index in [4.69, 9.17) is 10.2 Å². The Bertz CT molecular complexity index is 1150. The summed E-state index contributed by atoms with van der Waals surface area (Å²) in [5, 5.41) is 13.9. The van der Waals surface area contributed by atoms with Gasteiger partial charge in [-0.15, -0.1) is 0 Å². The molecular formula is C23H25N3O3. The lowest BCUT2D eigenvalue weighted by atomic mass is 10.00. The Kier molecular flexibility index (Phi) is 4.66. The van der Waals surface area contributed by atoms with Crippen LogP contribution in [-0.2, 0) is 17.7 Å². The summed E-state index contributed by atoms with van der Waals surface area (Å²) < 4.78 is 39.2. The lowest BCUT2D eigenvalue weighted by Gasteiger charge is -2.30. The average molecular weight is 395 g/mol. The molecule has 0 spiro atoms. The first-order valence-corrected chi connectivity index (χ1v) is 9.46. The number of β-amino-alcohol motifs (C(OH)–C–C–N with tert-alkyl or cyclic N) is 1. The minimum atomic E-state index is -2.10. The number of nitrogens with one attached hydrogen (secondary N) is 1. The highest BCUT2D eigenvalue weighted by Crippen LogP contribution is 2.22. The van der Waals surface area contributed by atoms with Gasteiger partial charge in [0.25, 0.3) is 5.91 Å². The topological polar surface area (TPSA) is 74.7 Å². The summed E-state index contributed by atoms with van der Waals surface area (Å²) in [5.41, 5.74) is 1.63. The maximum absolute atomic E-state index is 12.2. The second-order valence-electron chi connectivity index (χ2n) is 6.79. The molecule has 150 valence electrons. The fourth-order valence-corrected chi connectivity index (χ4v) is 3.15. The molecule has 6 nitrogen and oxygen atoms in total. The van der Waals surface area contributed by atoms with Gasteiger partial charge in [0.2, 0.25) is 0 Å². The number of aryl methyl sites for hydroxylation is 1. The van der Waals surface area contributed by atoms with Crippen molar-refractivity contribution in [3.8, 4) is 5.75 Å². The van der Waals surface area contributed by atoms with Crippen LogP contribution < -0.4 is 10.1 Å². The highest BCUT2D eigenvalue weighted by Gasteiger charge is 2.18.